The van der Waals surface area contributed by atoms with Crippen LogP contribution in [0.2, 0.25) is 0 Å². The van der Waals surface area contributed by atoms with Gasteiger partial charge in [-0.15, -0.1) is 0 Å². The smallest absolute Gasteiger partial charge is 1.00 e. The topological polar surface area (TPSA) is 9.23 Å². The molecular formula is C16H19NaOSi. The Bertz CT molecular complexity index is 467. The summed E-state index contributed by atoms with van der Waals surface area (Å²) < 4.78 is 6.20. The van der Waals surface area contributed by atoms with Crippen molar-refractivity contribution >= 4 is 8.32 Å². The van der Waals surface area contributed by atoms with Crippen molar-refractivity contribution in [1.82, 2.24) is 0 Å². The van der Waals surface area contributed by atoms with Crippen LogP contribution in [0, 0.1) is 0 Å². The van der Waals surface area contributed by atoms with Gasteiger partial charge in [-0.2, -0.15) is 0 Å². The second kappa shape index (κ2) is 6.38. The molecule has 0 bridgehead atoms. The minimum atomic E-state index is -2.07. The Hall–Kier alpha value is -0.383. The maximum atomic E-state index is 6.20. The predicted octanol–water partition coefficient (Wildman–Crippen LogP) is 0.971. The molecule has 0 heterocycles. The molecule has 3 heteroatoms. The molecule has 1 nitrogen and oxygen atoms in total. The van der Waals surface area contributed by atoms with Crippen molar-refractivity contribution in [1.29, 1.82) is 0 Å². The van der Waals surface area contributed by atoms with Gasteiger partial charge in [0.05, 0.1) is 0 Å². The first-order valence-electron chi connectivity index (χ1n) is 6.51. The Balaban J connectivity index is 0.000001000. The van der Waals surface area contributed by atoms with E-state index in [1.807, 2.05) is 7.11 Å². The van der Waals surface area contributed by atoms with Crippen molar-refractivity contribution < 1.29 is 35.4 Å². The van der Waals surface area contributed by atoms with Gasteiger partial charge in [-0.3, -0.25) is 0 Å². The van der Waals surface area contributed by atoms with Gasteiger partial charge in [-0.05, 0) is 34.9 Å². The molecule has 0 amide bonds. The van der Waals surface area contributed by atoms with Crippen molar-refractivity contribution in [2.75, 3.05) is 7.11 Å². The molecule has 0 atom stereocenters. The second-order valence-corrected chi connectivity index (χ2v) is 8.56. The fourth-order valence-corrected chi connectivity index (χ4v) is 7.37. The average Bonchev–Trinajstić information content (AvgIpc) is 3.16. The Kier molecular flexibility index (Phi) is 5.04. The Morgan fingerprint density at radius 2 is 1.21 bits per heavy atom. The summed E-state index contributed by atoms with van der Waals surface area (Å²) in [6, 6.07) is 0. The van der Waals surface area contributed by atoms with E-state index in [4.69, 9.17) is 4.43 Å². The zero-order valence-corrected chi connectivity index (χ0v) is 14.7. The van der Waals surface area contributed by atoms with Crippen LogP contribution in [0.25, 0.3) is 0 Å². The molecule has 0 spiro atoms. The number of allylic oxidation sites excluding steroid dienone is 12. The fourth-order valence-electron chi connectivity index (χ4n) is 3.14. The first-order valence-corrected chi connectivity index (χ1v) is 8.42. The molecule has 0 N–H and O–H groups in total. The summed E-state index contributed by atoms with van der Waals surface area (Å²) in [5, 5.41) is 4.49. The van der Waals surface area contributed by atoms with Crippen LogP contribution < -0.4 is 29.6 Å². The van der Waals surface area contributed by atoms with Crippen LogP contribution in [0.4, 0.5) is 0 Å². The van der Waals surface area contributed by atoms with E-state index in [1.165, 1.54) is 15.6 Å². The predicted molar refractivity (Wildman–Crippen MR) is 79.4 cm³/mol. The van der Waals surface area contributed by atoms with Crippen molar-refractivity contribution in [2.45, 2.75) is 19.3 Å². The molecule has 0 radical (unpaired) electrons. The van der Waals surface area contributed by atoms with Crippen molar-refractivity contribution in [2.24, 2.45) is 0 Å². The average molecular weight is 278 g/mol. The SMILES string of the molecule is CO[Si](C1=CC=CC1)(C1=CC=CC1)C1=CC=CC1.[H-].[Na+]. The molecule has 3 rings (SSSR count). The quantitative estimate of drug-likeness (QED) is 0.696. The van der Waals surface area contributed by atoms with Crippen molar-refractivity contribution in [3.8, 4) is 0 Å². The summed E-state index contributed by atoms with van der Waals surface area (Å²) in [4.78, 5) is 0. The van der Waals surface area contributed by atoms with E-state index >= 15 is 0 Å². The Morgan fingerprint density at radius 1 is 0.842 bits per heavy atom. The maximum absolute atomic E-state index is 6.20. The van der Waals surface area contributed by atoms with E-state index in [9.17, 15) is 0 Å². The fraction of sp³-hybridized carbons (Fsp3) is 0.250. The third-order valence-electron chi connectivity index (χ3n) is 3.98. The van der Waals surface area contributed by atoms with Gasteiger partial charge in [0.2, 0.25) is 0 Å². The standard InChI is InChI=1S/C16H18OSi.Na.H/c1-17-18(14-8-2-3-9-14,15-10-4-5-11-15)16-12-6-7-13-16;;/h2-8,10,12H,9,11,13H2,1H3;;/q;+1;-1. The Labute approximate surface area is 140 Å². The molecule has 94 valence electrons. The van der Waals surface area contributed by atoms with E-state index in [0.29, 0.717) is 0 Å². The van der Waals surface area contributed by atoms with E-state index in [-0.39, 0.29) is 31.0 Å². The molecule has 3 aliphatic carbocycles. The van der Waals surface area contributed by atoms with Gasteiger partial charge in [0, 0.05) is 7.11 Å². The van der Waals surface area contributed by atoms with Crippen LogP contribution >= 0.6 is 0 Å². The van der Waals surface area contributed by atoms with Gasteiger partial charge in [0.25, 0.3) is 8.32 Å². The maximum Gasteiger partial charge on any atom is 1.00 e. The van der Waals surface area contributed by atoms with Gasteiger partial charge in [0.1, 0.15) is 0 Å². The van der Waals surface area contributed by atoms with E-state index < -0.39 is 8.32 Å². The third-order valence-corrected chi connectivity index (χ3v) is 8.41. The van der Waals surface area contributed by atoms with E-state index in [0.717, 1.165) is 19.3 Å². The van der Waals surface area contributed by atoms with Gasteiger partial charge in [0.15, 0.2) is 0 Å². The molecule has 0 saturated heterocycles. The minimum Gasteiger partial charge on any atom is -1.00 e. The molecule has 0 aliphatic heterocycles. The summed E-state index contributed by atoms with van der Waals surface area (Å²) in [5.74, 6) is 0. The van der Waals surface area contributed by atoms with E-state index in [1.54, 1.807) is 0 Å². The molecule has 3 aliphatic rings. The Morgan fingerprint density at radius 3 is 1.42 bits per heavy atom. The summed E-state index contributed by atoms with van der Waals surface area (Å²) in [6.45, 7) is 0. The first-order chi connectivity index (χ1) is 8.88. The molecule has 0 unspecified atom stereocenters. The number of hydrogen-bond donors (Lipinski definition) is 0. The van der Waals surface area contributed by atoms with Crippen molar-refractivity contribution in [3.63, 3.8) is 0 Å². The normalized spacial score (nSPS) is 20.4. The van der Waals surface area contributed by atoms with Crippen LogP contribution in [-0.4, -0.2) is 15.4 Å². The number of rotatable bonds is 4. The summed E-state index contributed by atoms with van der Waals surface area (Å²) in [6.07, 6.45) is 23.2. The summed E-state index contributed by atoms with van der Waals surface area (Å²) in [5.41, 5.74) is 0. The van der Waals surface area contributed by atoms with E-state index in [2.05, 4.69) is 54.7 Å². The zero-order valence-electron chi connectivity index (χ0n) is 12.7. The summed E-state index contributed by atoms with van der Waals surface area (Å²) in [7, 11) is -0.182. The molecule has 0 saturated carbocycles. The van der Waals surface area contributed by atoms with Crippen LogP contribution in [0.15, 0.2) is 70.3 Å². The molecule has 19 heavy (non-hydrogen) atoms. The molecule has 0 aromatic heterocycles. The van der Waals surface area contributed by atoms with Crippen LogP contribution in [0.5, 0.6) is 0 Å². The molecule has 0 aromatic rings. The molecule has 0 aromatic carbocycles. The second-order valence-electron chi connectivity index (χ2n) is 4.86. The third kappa shape index (κ3) is 2.48. The van der Waals surface area contributed by atoms with Crippen molar-refractivity contribution in [3.05, 3.63) is 70.3 Å². The van der Waals surface area contributed by atoms with Crippen LogP contribution in [0.1, 0.15) is 20.7 Å². The zero-order chi connectivity index (χ0) is 12.4. The minimum absolute atomic E-state index is 0. The first kappa shape index (κ1) is 15.0. The molecule has 0 fully saturated rings. The van der Waals surface area contributed by atoms with Gasteiger partial charge in [-0.25, -0.2) is 0 Å². The van der Waals surface area contributed by atoms with Crippen LogP contribution in [0.3, 0.4) is 0 Å². The van der Waals surface area contributed by atoms with Gasteiger partial charge >= 0.3 is 29.6 Å². The summed E-state index contributed by atoms with van der Waals surface area (Å²) >= 11 is 0. The number of hydrogen-bond acceptors (Lipinski definition) is 1. The van der Waals surface area contributed by atoms with Gasteiger partial charge < -0.3 is 5.85 Å². The van der Waals surface area contributed by atoms with Crippen LogP contribution in [-0.2, 0) is 4.43 Å². The molecular weight excluding hydrogens is 259 g/mol. The van der Waals surface area contributed by atoms with Gasteiger partial charge in [-0.1, -0.05) is 54.7 Å². The monoisotopic (exact) mass is 278 g/mol. The largest absolute Gasteiger partial charge is 1.00 e.